The number of thioether (sulfide) groups is 1. The third kappa shape index (κ3) is 3.73. The van der Waals surface area contributed by atoms with E-state index in [1.807, 2.05) is 36.4 Å². The van der Waals surface area contributed by atoms with Crippen LogP contribution in [0.2, 0.25) is 0 Å². The fourth-order valence-corrected chi connectivity index (χ4v) is 2.67. The van der Waals surface area contributed by atoms with Gasteiger partial charge >= 0.3 is 0 Å². The van der Waals surface area contributed by atoms with Crippen LogP contribution in [0.15, 0.2) is 53.4 Å². The standard InChI is InChI=1S/C17H13NO4S/c1-21-12-6-8-14(9-7-12)22-13-4-2-11(3-5-13)10-15-16(19)18-17(20)23-15/h2-10H,1H3,(H,18,19,20)/b15-10+. The quantitative estimate of drug-likeness (QED) is 0.865. The molecule has 0 radical (unpaired) electrons. The molecule has 2 amide bonds. The van der Waals surface area contributed by atoms with Crippen molar-refractivity contribution in [3.63, 3.8) is 0 Å². The Morgan fingerprint density at radius 2 is 1.48 bits per heavy atom. The predicted octanol–water partition coefficient (Wildman–Crippen LogP) is 3.81. The van der Waals surface area contributed by atoms with Gasteiger partial charge in [-0.15, -0.1) is 0 Å². The molecule has 0 unspecified atom stereocenters. The molecule has 5 nitrogen and oxygen atoms in total. The van der Waals surface area contributed by atoms with Crippen LogP contribution in [0.4, 0.5) is 4.79 Å². The fourth-order valence-electron chi connectivity index (χ4n) is 1.98. The normalized spacial score (nSPS) is 15.6. The summed E-state index contributed by atoms with van der Waals surface area (Å²) in [5.74, 6) is 1.78. The molecular weight excluding hydrogens is 314 g/mol. The topological polar surface area (TPSA) is 64.6 Å². The van der Waals surface area contributed by atoms with Gasteiger partial charge in [-0.3, -0.25) is 14.9 Å². The first kappa shape index (κ1) is 15.2. The van der Waals surface area contributed by atoms with Crippen molar-refractivity contribution in [3.05, 3.63) is 59.0 Å². The highest BCUT2D eigenvalue weighted by Gasteiger charge is 2.24. The number of ether oxygens (including phenoxy) is 2. The summed E-state index contributed by atoms with van der Waals surface area (Å²) in [7, 11) is 1.61. The fraction of sp³-hybridized carbons (Fsp3) is 0.0588. The van der Waals surface area contributed by atoms with Crippen LogP contribution in [0.1, 0.15) is 5.56 Å². The minimum Gasteiger partial charge on any atom is -0.497 e. The maximum Gasteiger partial charge on any atom is 0.290 e. The summed E-state index contributed by atoms with van der Waals surface area (Å²) in [6.07, 6.45) is 1.67. The lowest BCUT2D eigenvalue weighted by molar-refractivity contribution is -0.115. The zero-order valence-corrected chi connectivity index (χ0v) is 13.1. The van der Waals surface area contributed by atoms with Gasteiger partial charge in [0.1, 0.15) is 17.2 Å². The highest BCUT2D eigenvalue weighted by Crippen LogP contribution is 2.27. The number of methoxy groups -OCH3 is 1. The molecule has 0 aliphatic carbocycles. The summed E-state index contributed by atoms with van der Waals surface area (Å²) >= 11 is 0.897. The molecule has 1 aliphatic rings. The van der Waals surface area contributed by atoms with Crippen LogP contribution in [-0.4, -0.2) is 18.3 Å². The Balaban J connectivity index is 1.70. The van der Waals surface area contributed by atoms with E-state index in [0.717, 1.165) is 23.1 Å². The Morgan fingerprint density at radius 3 is 2.00 bits per heavy atom. The van der Waals surface area contributed by atoms with Gasteiger partial charge in [0.15, 0.2) is 0 Å². The molecule has 1 heterocycles. The van der Waals surface area contributed by atoms with E-state index in [2.05, 4.69) is 5.32 Å². The van der Waals surface area contributed by atoms with Crippen LogP contribution < -0.4 is 14.8 Å². The van der Waals surface area contributed by atoms with Gasteiger partial charge in [-0.1, -0.05) is 12.1 Å². The molecule has 1 fully saturated rings. The molecule has 0 aromatic heterocycles. The maximum atomic E-state index is 11.5. The molecule has 6 heteroatoms. The average Bonchev–Trinajstić information content (AvgIpc) is 2.87. The van der Waals surface area contributed by atoms with Crippen LogP contribution in [0.5, 0.6) is 17.2 Å². The van der Waals surface area contributed by atoms with Gasteiger partial charge in [0, 0.05) is 0 Å². The van der Waals surface area contributed by atoms with Crippen molar-refractivity contribution in [2.24, 2.45) is 0 Å². The molecule has 2 aromatic rings. The number of hydrogen-bond acceptors (Lipinski definition) is 5. The number of hydrogen-bond donors (Lipinski definition) is 1. The van der Waals surface area contributed by atoms with Crippen LogP contribution >= 0.6 is 11.8 Å². The first-order valence-corrected chi connectivity index (χ1v) is 7.62. The Morgan fingerprint density at radius 1 is 0.913 bits per heavy atom. The lowest BCUT2D eigenvalue weighted by Crippen LogP contribution is -2.17. The molecule has 0 saturated carbocycles. The summed E-state index contributed by atoms with van der Waals surface area (Å²) < 4.78 is 10.8. The second kappa shape index (κ2) is 6.58. The number of amides is 2. The van der Waals surface area contributed by atoms with Crippen molar-refractivity contribution in [1.82, 2.24) is 5.32 Å². The van der Waals surface area contributed by atoms with Gasteiger partial charge < -0.3 is 9.47 Å². The number of nitrogens with one attached hydrogen (secondary N) is 1. The second-order valence-corrected chi connectivity index (χ2v) is 5.71. The van der Waals surface area contributed by atoms with Crippen molar-refractivity contribution >= 4 is 29.0 Å². The maximum absolute atomic E-state index is 11.5. The SMILES string of the molecule is COc1ccc(Oc2ccc(/C=C3/SC(=O)NC3=O)cc2)cc1. The van der Waals surface area contributed by atoms with E-state index in [-0.39, 0.29) is 11.1 Å². The number of rotatable bonds is 4. The van der Waals surface area contributed by atoms with Gasteiger partial charge in [0.05, 0.1) is 12.0 Å². The van der Waals surface area contributed by atoms with Gasteiger partial charge in [0.2, 0.25) is 0 Å². The zero-order valence-electron chi connectivity index (χ0n) is 12.2. The molecule has 116 valence electrons. The summed E-state index contributed by atoms with van der Waals surface area (Å²) in [5, 5.41) is 1.88. The Bertz CT molecular complexity index is 766. The average molecular weight is 327 g/mol. The molecule has 0 bridgehead atoms. The van der Waals surface area contributed by atoms with E-state index in [1.54, 1.807) is 25.3 Å². The number of carbonyl (C=O) groups excluding carboxylic acids is 2. The van der Waals surface area contributed by atoms with E-state index in [4.69, 9.17) is 9.47 Å². The Hall–Kier alpha value is -2.73. The molecule has 1 aliphatic heterocycles. The lowest BCUT2D eigenvalue weighted by atomic mass is 10.2. The largest absolute Gasteiger partial charge is 0.497 e. The highest BCUT2D eigenvalue weighted by molar-refractivity contribution is 8.18. The van der Waals surface area contributed by atoms with Crippen LogP contribution in [0.25, 0.3) is 6.08 Å². The first-order chi connectivity index (χ1) is 11.1. The smallest absolute Gasteiger partial charge is 0.290 e. The molecule has 0 spiro atoms. The number of benzene rings is 2. The van der Waals surface area contributed by atoms with Crippen LogP contribution in [0.3, 0.4) is 0 Å². The summed E-state index contributed by atoms with van der Waals surface area (Å²) in [5.41, 5.74) is 0.819. The monoisotopic (exact) mass is 327 g/mol. The van der Waals surface area contributed by atoms with Crippen molar-refractivity contribution in [1.29, 1.82) is 0 Å². The molecule has 1 N–H and O–H groups in total. The van der Waals surface area contributed by atoms with Crippen molar-refractivity contribution in [2.45, 2.75) is 0 Å². The van der Waals surface area contributed by atoms with E-state index in [1.165, 1.54) is 0 Å². The van der Waals surface area contributed by atoms with E-state index in [9.17, 15) is 9.59 Å². The Kier molecular flexibility index (Phi) is 4.34. The summed E-state index contributed by atoms with van der Waals surface area (Å²) in [6, 6.07) is 14.5. The molecule has 23 heavy (non-hydrogen) atoms. The molecule has 2 aromatic carbocycles. The van der Waals surface area contributed by atoms with Gasteiger partial charge in [-0.05, 0) is 59.8 Å². The zero-order chi connectivity index (χ0) is 16.2. The van der Waals surface area contributed by atoms with Gasteiger partial charge in [-0.25, -0.2) is 0 Å². The molecule has 1 saturated heterocycles. The minimum atomic E-state index is -0.362. The van der Waals surface area contributed by atoms with Crippen LogP contribution in [0, 0.1) is 0 Å². The van der Waals surface area contributed by atoms with E-state index in [0.29, 0.717) is 16.4 Å². The van der Waals surface area contributed by atoms with E-state index < -0.39 is 0 Å². The van der Waals surface area contributed by atoms with E-state index >= 15 is 0 Å². The Labute approximate surface area is 137 Å². The first-order valence-electron chi connectivity index (χ1n) is 6.81. The van der Waals surface area contributed by atoms with Crippen LogP contribution in [-0.2, 0) is 4.79 Å². The van der Waals surface area contributed by atoms with Gasteiger partial charge in [-0.2, -0.15) is 0 Å². The van der Waals surface area contributed by atoms with Crippen molar-refractivity contribution < 1.29 is 19.1 Å². The van der Waals surface area contributed by atoms with Crippen molar-refractivity contribution in [3.8, 4) is 17.2 Å². The lowest BCUT2D eigenvalue weighted by Gasteiger charge is -2.07. The minimum absolute atomic E-state index is 0.347. The van der Waals surface area contributed by atoms with Crippen molar-refractivity contribution in [2.75, 3.05) is 7.11 Å². The number of imide groups is 1. The third-order valence-corrected chi connectivity index (χ3v) is 3.93. The molecule has 0 atom stereocenters. The van der Waals surface area contributed by atoms with Gasteiger partial charge in [0.25, 0.3) is 11.1 Å². The number of carbonyl (C=O) groups is 2. The molecular formula is C17H13NO4S. The summed E-state index contributed by atoms with van der Waals surface area (Å²) in [6.45, 7) is 0. The molecule has 3 rings (SSSR count). The third-order valence-electron chi connectivity index (χ3n) is 3.12. The second-order valence-electron chi connectivity index (χ2n) is 4.70. The highest BCUT2D eigenvalue weighted by atomic mass is 32.2. The summed E-state index contributed by atoms with van der Waals surface area (Å²) in [4.78, 5) is 23.0. The predicted molar refractivity (Wildman–Crippen MR) is 88.6 cm³/mol.